The number of phenolic OH excluding ortho intramolecular Hbond substituents is 1. The number of hydrogen-bond donors (Lipinski definition) is 2. The maximum absolute atomic E-state index is 13.3. The van der Waals surface area contributed by atoms with Gasteiger partial charge in [0.1, 0.15) is 11.3 Å². The highest BCUT2D eigenvalue weighted by atomic mass is 32.2. The average Bonchev–Trinajstić information content (AvgIpc) is 3.23. The van der Waals surface area contributed by atoms with E-state index in [9.17, 15) is 27.8 Å². The summed E-state index contributed by atoms with van der Waals surface area (Å²) in [5.41, 5.74) is 0.841. The van der Waals surface area contributed by atoms with Gasteiger partial charge in [0, 0.05) is 58.1 Å². The van der Waals surface area contributed by atoms with E-state index in [2.05, 4.69) is 4.98 Å². The van der Waals surface area contributed by atoms with Crippen molar-refractivity contribution in [3.63, 3.8) is 0 Å². The number of ether oxygens (including phenoxy) is 1. The molecule has 2 aromatic carbocycles. The smallest absolute Gasteiger partial charge is 0.415 e. The molecule has 11 nitrogen and oxygen atoms in total. The summed E-state index contributed by atoms with van der Waals surface area (Å²) in [6.07, 6.45) is 2.32. The van der Waals surface area contributed by atoms with E-state index in [-0.39, 0.29) is 72.2 Å². The summed E-state index contributed by atoms with van der Waals surface area (Å²) in [6, 6.07) is 9.04. The third-order valence-corrected chi connectivity index (χ3v) is 8.49. The zero-order valence-corrected chi connectivity index (χ0v) is 21.5. The fourth-order valence-corrected chi connectivity index (χ4v) is 5.58. The minimum absolute atomic E-state index is 0.0583. The van der Waals surface area contributed by atoms with Crippen LogP contribution in [-0.4, -0.2) is 88.1 Å². The highest BCUT2D eigenvalue weighted by Crippen LogP contribution is 2.46. The summed E-state index contributed by atoms with van der Waals surface area (Å²) in [5, 5.41) is 22.6. The van der Waals surface area contributed by atoms with E-state index in [1.165, 1.54) is 46.2 Å². The van der Waals surface area contributed by atoms with Gasteiger partial charge in [-0.1, -0.05) is 12.1 Å². The first-order valence-corrected chi connectivity index (χ1v) is 13.2. The number of benzene rings is 2. The highest BCUT2D eigenvalue weighted by Gasteiger charge is 2.32. The molecule has 4 aromatic rings. The maximum Gasteiger partial charge on any atom is 0.415 e. The lowest BCUT2D eigenvalue weighted by atomic mass is 10.1. The predicted molar refractivity (Wildman–Crippen MR) is 138 cm³/mol. The van der Waals surface area contributed by atoms with Crippen molar-refractivity contribution in [1.29, 1.82) is 0 Å². The molecular weight excluding hydrogens is 517 g/mol. The van der Waals surface area contributed by atoms with Crippen LogP contribution in [0.25, 0.3) is 21.7 Å². The summed E-state index contributed by atoms with van der Waals surface area (Å²) in [5.74, 6) is -0.829. The molecule has 0 unspecified atom stereocenters. The quantitative estimate of drug-likeness (QED) is 0.396. The molecule has 0 bridgehead atoms. The van der Waals surface area contributed by atoms with E-state index in [1.807, 2.05) is 0 Å². The average molecular weight is 544 g/mol. The van der Waals surface area contributed by atoms with Gasteiger partial charge in [0.25, 0.3) is 10.2 Å². The lowest BCUT2D eigenvalue weighted by molar-refractivity contribution is 0.132. The van der Waals surface area contributed by atoms with Crippen molar-refractivity contribution in [3.05, 3.63) is 60.2 Å². The Balaban J connectivity index is 1.49. The van der Waals surface area contributed by atoms with Crippen LogP contribution in [0, 0.1) is 5.82 Å². The fraction of sp³-hybridized carbons (Fsp3) is 0.280. The fourth-order valence-electron chi connectivity index (χ4n) is 4.49. The van der Waals surface area contributed by atoms with E-state index >= 15 is 0 Å². The first-order valence-electron chi connectivity index (χ1n) is 11.8. The molecule has 38 heavy (non-hydrogen) atoms. The van der Waals surface area contributed by atoms with E-state index < -0.39 is 16.3 Å². The number of rotatable bonds is 5. The number of hydrogen-bond acceptors (Lipinski definition) is 7. The number of halogens is 1. The Kier molecular flexibility index (Phi) is 6.59. The van der Waals surface area contributed by atoms with Crippen LogP contribution in [0.2, 0.25) is 0 Å². The van der Waals surface area contributed by atoms with Gasteiger partial charge in [-0.3, -0.25) is 4.98 Å². The number of aromatic hydroxyl groups is 2. The van der Waals surface area contributed by atoms with Crippen LogP contribution in [0.15, 0.2) is 48.8 Å². The normalized spacial score (nSPS) is 15.0. The molecule has 0 radical (unpaired) electrons. The number of piperazine rings is 1. The number of carbonyl (C=O) groups is 1. The van der Waals surface area contributed by atoms with Crippen molar-refractivity contribution in [2.45, 2.75) is 6.54 Å². The number of carbonyl (C=O) groups excluding carboxylic acids is 1. The van der Waals surface area contributed by atoms with Gasteiger partial charge in [0.05, 0.1) is 17.3 Å². The maximum atomic E-state index is 13.3. The van der Waals surface area contributed by atoms with Crippen LogP contribution in [0.5, 0.6) is 17.4 Å². The molecule has 3 heterocycles. The second kappa shape index (κ2) is 9.74. The molecule has 0 aliphatic carbocycles. The van der Waals surface area contributed by atoms with Crippen molar-refractivity contribution in [2.75, 3.05) is 40.3 Å². The Morgan fingerprint density at radius 3 is 2.42 bits per heavy atom. The predicted octanol–water partition coefficient (Wildman–Crippen LogP) is 2.71. The molecule has 13 heteroatoms. The summed E-state index contributed by atoms with van der Waals surface area (Å²) in [4.78, 5) is 18.8. The lowest BCUT2D eigenvalue weighted by Crippen LogP contribution is -2.53. The van der Waals surface area contributed by atoms with Crippen molar-refractivity contribution in [1.82, 2.24) is 23.1 Å². The molecule has 1 fully saturated rings. The largest absolute Gasteiger partial charge is 0.505 e. The van der Waals surface area contributed by atoms with Gasteiger partial charge >= 0.3 is 6.09 Å². The van der Waals surface area contributed by atoms with E-state index in [0.717, 1.165) is 4.31 Å². The number of amides is 1. The van der Waals surface area contributed by atoms with Crippen molar-refractivity contribution in [2.24, 2.45) is 0 Å². The van der Waals surface area contributed by atoms with Gasteiger partial charge in [0.15, 0.2) is 11.5 Å². The number of aromatic nitrogens is 2. The van der Waals surface area contributed by atoms with E-state index in [0.29, 0.717) is 10.9 Å². The van der Waals surface area contributed by atoms with E-state index in [4.69, 9.17) is 4.74 Å². The third-order valence-electron chi connectivity index (χ3n) is 6.55. The Labute approximate surface area is 218 Å². The SMILES string of the molecule is CN(C)S(=O)(=O)N1CCN(C(=O)Oc2c3cccnc3c(O)c3c(O)n(Cc4ccc(F)cc4)cc23)CC1. The number of pyridine rings is 1. The molecular formula is C25H26FN5O6S. The highest BCUT2D eigenvalue weighted by molar-refractivity contribution is 7.86. The van der Waals surface area contributed by atoms with Gasteiger partial charge in [-0.05, 0) is 29.8 Å². The van der Waals surface area contributed by atoms with Gasteiger partial charge in [-0.15, -0.1) is 0 Å². The molecule has 0 saturated carbocycles. The number of phenols is 1. The molecule has 5 rings (SSSR count). The molecule has 1 aliphatic heterocycles. The van der Waals surface area contributed by atoms with Crippen LogP contribution >= 0.6 is 0 Å². The van der Waals surface area contributed by atoms with Crippen LogP contribution in [0.3, 0.4) is 0 Å². The van der Waals surface area contributed by atoms with Crippen LogP contribution in [0.1, 0.15) is 5.56 Å². The molecule has 2 N–H and O–H groups in total. The monoisotopic (exact) mass is 543 g/mol. The van der Waals surface area contributed by atoms with Crippen LogP contribution < -0.4 is 4.74 Å². The number of fused-ring (bicyclic) bond motifs is 2. The zero-order chi connectivity index (χ0) is 27.2. The minimum atomic E-state index is -3.60. The van der Waals surface area contributed by atoms with Gasteiger partial charge in [-0.2, -0.15) is 17.0 Å². The topological polar surface area (TPSA) is 128 Å². The second-order valence-electron chi connectivity index (χ2n) is 9.12. The van der Waals surface area contributed by atoms with Gasteiger partial charge < -0.3 is 24.4 Å². The number of nitrogens with zero attached hydrogens (tertiary/aromatic N) is 5. The summed E-state index contributed by atoms with van der Waals surface area (Å²) in [6.45, 7) is 0.634. The molecule has 1 saturated heterocycles. The van der Waals surface area contributed by atoms with Crippen LogP contribution in [0.4, 0.5) is 9.18 Å². The Hall–Kier alpha value is -3.94. The molecule has 0 spiro atoms. The molecule has 200 valence electrons. The molecule has 2 aromatic heterocycles. The lowest BCUT2D eigenvalue weighted by Gasteiger charge is -2.34. The standard InChI is InChI=1S/C25H26FN5O6S/c1-28(2)38(35,36)31-12-10-29(11-13-31)25(34)37-23-18-4-3-9-27-21(18)22(32)20-19(23)15-30(24(20)33)14-16-5-7-17(26)8-6-16/h3-9,15,32-33H,10-14H2,1-2H3. The zero-order valence-electron chi connectivity index (χ0n) is 20.7. The van der Waals surface area contributed by atoms with Gasteiger partial charge in [0.2, 0.25) is 5.88 Å². The summed E-state index contributed by atoms with van der Waals surface area (Å²) >= 11 is 0. The summed E-state index contributed by atoms with van der Waals surface area (Å²) < 4.78 is 47.8. The van der Waals surface area contributed by atoms with E-state index in [1.54, 1.807) is 30.5 Å². The Bertz CT molecular complexity index is 1630. The minimum Gasteiger partial charge on any atom is -0.505 e. The first kappa shape index (κ1) is 25.7. The van der Waals surface area contributed by atoms with Crippen molar-refractivity contribution in [3.8, 4) is 17.4 Å². The summed E-state index contributed by atoms with van der Waals surface area (Å²) in [7, 11) is -0.706. The van der Waals surface area contributed by atoms with Crippen molar-refractivity contribution >= 4 is 38.0 Å². The van der Waals surface area contributed by atoms with Crippen molar-refractivity contribution < 1.29 is 32.6 Å². The van der Waals surface area contributed by atoms with Crippen LogP contribution in [-0.2, 0) is 16.8 Å². The third kappa shape index (κ3) is 4.48. The Morgan fingerprint density at radius 1 is 1.08 bits per heavy atom. The second-order valence-corrected chi connectivity index (χ2v) is 11.3. The first-order chi connectivity index (χ1) is 18.1. The molecule has 1 aliphatic rings. The van der Waals surface area contributed by atoms with Gasteiger partial charge in [-0.25, -0.2) is 9.18 Å². The Morgan fingerprint density at radius 2 is 1.76 bits per heavy atom. The molecule has 0 atom stereocenters. The molecule has 1 amide bonds.